The quantitative estimate of drug-likeness (QED) is 0.475. The number of anilines is 2. The zero-order valence-electron chi connectivity index (χ0n) is 14.5. The van der Waals surface area contributed by atoms with Gasteiger partial charge in [-0.1, -0.05) is 0 Å². The fourth-order valence-electron chi connectivity index (χ4n) is 2.28. The van der Waals surface area contributed by atoms with Crippen molar-refractivity contribution in [2.45, 2.75) is 20.3 Å². The minimum absolute atomic E-state index is 0.0438. The Kier molecular flexibility index (Phi) is 7.02. The van der Waals surface area contributed by atoms with Gasteiger partial charge in [0.05, 0.1) is 12.5 Å². The molecule has 0 heterocycles. The molecule has 1 aromatic carbocycles. The number of rotatable bonds is 9. The predicted molar refractivity (Wildman–Crippen MR) is 97.6 cm³/mol. The summed E-state index contributed by atoms with van der Waals surface area (Å²) in [5.41, 5.74) is 8.27. The Morgan fingerprint density at radius 2 is 1.67 bits per heavy atom. The van der Waals surface area contributed by atoms with E-state index < -0.39 is 20.0 Å². The van der Waals surface area contributed by atoms with E-state index in [1.165, 1.54) is 0 Å². The number of hydrogen-bond donors (Lipinski definition) is 2. The molecular formula is C14H26N4O4S2. The summed E-state index contributed by atoms with van der Waals surface area (Å²) in [6.07, 6.45) is 2.14. The molecule has 24 heavy (non-hydrogen) atoms. The molecule has 0 spiro atoms. The monoisotopic (exact) mass is 378 g/mol. The van der Waals surface area contributed by atoms with E-state index in [4.69, 9.17) is 5.73 Å². The Bertz CT molecular complexity index is 759. The number of nitrogens with two attached hydrogens (primary N) is 1. The Hall–Kier alpha value is -1.36. The van der Waals surface area contributed by atoms with E-state index in [-0.39, 0.29) is 13.0 Å². The average molecular weight is 379 g/mol. The first kappa shape index (κ1) is 20.7. The predicted octanol–water partition coefficient (Wildman–Crippen LogP) is 0.383. The Labute approximate surface area is 144 Å². The Morgan fingerprint density at radius 3 is 2.12 bits per heavy atom. The first-order valence-corrected chi connectivity index (χ1v) is 11.3. The molecule has 10 heteroatoms. The van der Waals surface area contributed by atoms with Gasteiger partial charge in [-0.2, -0.15) is 0 Å². The lowest BCUT2D eigenvalue weighted by atomic mass is 10.1. The lowest BCUT2D eigenvalue weighted by molar-refractivity contribution is 0.384. The second kappa shape index (κ2) is 8.15. The van der Waals surface area contributed by atoms with Gasteiger partial charge in [0.15, 0.2) is 0 Å². The van der Waals surface area contributed by atoms with E-state index in [1.54, 1.807) is 6.07 Å². The van der Waals surface area contributed by atoms with Crippen LogP contribution in [-0.4, -0.2) is 53.4 Å². The van der Waals surface area contributed by atoms with Crippen molar-refractivity contribution in [1.82, 2.24) is 9.25 Å². The van der Waals surface area contributed by atoms with Crippen molar-refractivity contribution in [1.29, 1.82) is 0 Å². The molecule has 8 nitrogen and oxygen atoms in total. The highest BCUT2D eigenvalue weighted by molar-refractivity contribution is 7.91. The van der Waals surface area contributed by atoms with Gasteiger partial charge in [-0.25, -0.2) is 16.8 Å². The van der Waals surface area contributed by atoms with Crippen LogP contribution >= 0.6 is 0 Å². The van der Waals surface area contributed by atoms with E-state index in [0.717, 1.165) is 36.9 Å². The SMILES string of the molecule is CCN(CC)c1ccc(N)c(CCN(NS(C)(=O)=O)S(C)(=O)=O)c1. The lowest BCUT2D eigenvalue weighted by Crippen LogP contribution is -2.46. The fourth-order valence-corrected chi connectivity index (χ4v) is 4.11. The van der Waals surface area contributed by atoms with Crippen molar-refractivity contribution in [2.75, 3.05) is 42.8 Å². The maximum absolute atomic E-state index is 11.7. The van der Waals surface area contributed by atoms with Gasteiger partial charge < -0.3 is 10.6 Å². The number of nitrogens with zero attached hydrogens (tertiary/aromatic N) is 2. The second-order valence-corrected chi connectivity index (χ2v) is 9.14. The zero-order valence-corrected chi connectivity index (χ0v) is 16.1. The molecule has 0 aliphatic heterocycles. The summed E-state index contributed by atoms with van der Waals surface area (Å²) in [4.78, 5) is 4.16. The third-order valence-corrected chi connectivity index (χ3v) is 5.25. The molecular weight excluding hydrogens is 352 g/mol. The van der Waals surface area contributed by atoms with Crippen LogP contribution in [0.3, 0.4) is 0 Å². The standard InChI is InChI=1S/C14H26N4O4S2/c1-5-17(6-2)13-7-8-14(15)12(11-13)9-10-18(24(4,21)22)16-23(3,19)20/h7-8,11,16H,5-6,9-10,15H2,1-4H3. The molecule has 0 amide bonds. The van der Waals surface area contributed by atoms with E-state index in [9.17, 15) is 16.8 Å². The highest BCUT2D eigenvalue weighted by Gasteiger charge is 2.20. The van der Waals surface area contributed by atoms with Crippen LogP contribution in [0.2, 0.25) is 0 Å². The van der Waals surface area contributed by atoms with Crippen LogP contribution in [0.1, 0.15) is 19.4 Å². The maximum atomic E-state index is 11.7. The van der Waals surface area contributed by atoms with E-state index in [2.05, 4.69) is 4.90 Å². The van der Waals surface area contributed by atoms with Gasteiger partial charge in [0.25, 0.3) is 0 Å². The third kappa shape index (κ3) is 6.27. The topological polar surface area (TPSA) is 113 Å². The molecule has 0 saturated heterocycles. The summed E-state index contributed by atoms with van der Waals surface area (Å²) in [5, 5.41) is 0. The van der Waals surface area contributed by atoms with E-state index >= 15 is 0 Å². The molecule has 0 saturated carbocycles. The molecule has 0 bridgehead atoms. The molecule has 3 N–H and O–H groups in total. The molecule has 0 aliphatic carbocycles. The Morgan fingerprint density at radius 1 is 1.08 bits per heavy atom. The number of nitrogens with one attached hydrogen (secondary N) is 1. The van der Waals surface area contributed by atoms with Crippen LogP contribution in [-0.2, 0) is 26.5 Å². The van der Waals surface area contributed by atoms with Gasteiger partial charge in [0, 0.05) is 31.0 Å². The summed E-state index contributed by atoms with van der Waals surface area (Å²) >= 11 is 0. The first-order chi connectivity index (χ1) is 11.0. The largest absolute Gasteiger partial charge is 0.399 e. The van der Waals surface area contributed by atoms with Gasteiger partial charge in [-0.05, 0) is 44.0 Å². The number of hydrogen-bond acceptors (Lipinski definition) is 6. The summed E-state index contributed by atoms with van der Waals surface area (Å²) in [7, 11) is -7.42. The maximum Gasteiger partial charge on any atom is 0.224 e. The van der Waals surface area contributed by atoms with Crippen molar-refractivity contribution in [3.8, 4) is 0 Å². The molecule has 0 aromatic heterocycles. The first-order valence-electron chi connectivity index (χ1n) is 7.56. The fraction of sp³-hybridized carbons (Fsp3) is 0.571. The van der Waals surface area contributed by atoms with Gasteiger partial charge >= 0.3 is 0 Å². The van der Waals surface area contributed by atoms with Gasteiger partial charge in [0.1, 0.15) is 0 Å². The highest BCUT2D eigenvalue weighted by atomic mass is 32.2. The number of nitrogen functional groups attached to an aromatic ring is 1. The highest BCUT2D eigenvalue weighted by Crippen LogP contribution is 2.22. The minimum atomic E-state index is -3.73. The van der Waals surface area contributed by atoms with Crippen molar-refractivity contribution >= 4 is 31.4 Å². The van der Waals surface area contributed by atoms with Crippen LogP contribution in [0.5, 0.6) is 0 Å². The summed E-state index contributed by atoms with van der Waals surface area (Å²) in [5.74, 6) is 0. The summed E-state index contributed by atoms with van der Waals surface area (Å²) < 4.78 is 46.9. The van der Waals surface area contributed by atoms with Crippen molar-refractivity contribution in [2.24, 2.45) is 0 Å². The average Bonchev–Trinajstić information content (AvgIpc) is 2.45. The van der Waals surface area contributed by atoms with Crippen LogP contribution in [0.15, 0.2) is 18.2 Å². The number of benzene rings is 1. The van der Waals surface area contributed by atoms with Crippen molar-refractivity contribution < 1.29 is 16.8 Å². The summed E-state index contributed by atoms with van der Waals surface area (Å²) in [6.45, 7) is 5.72. The second-order valence-electron chi connectivity index (χ2n) is 5.50. The van der Waals surface area contributed by atoms with Gasteiger partial charge in [0.2, 0.25) is 20.0 Å². The lowest BCUT2D eigenvalue weighted by Gasteiger charge is -2.23. The van der Waals surface area contributed by atoms with Gasteiger partial charge in [-0.15, -0.1) is 9.25 Å². The normalized spacial score (nSPS) is 12.5. The van der Waals surface area contributed by atoms with Crippen LogP contribution in [0.25, 0.3) is 0 Å². The van der Waals surface area contributed by atoms with Crippen molar-refractivity contribution in [3.05, 3.63) is 23.8 Å². The third-order valence-electron chi connectivity index (χ3n) is 3.51. The molecule has 0 aliphatic rings. The van der Waals surface area contributed by atoms with Crippen LogP contribution in [0, 0.1) is 0 Å². The molecule has 0 atom stereocenters. The molecule has 0 radical (unpaired) electrons. The van der Waals surface area contributed by atoms with Crippen LogP contribution < -0.4 is 15.5 Å². The van der Waals surface area contributed by atoms with Crippen molar-refractivity contribution in [3.63, 3.8) is 0 Å². The molecule has 1 aromatic rings. The number of sulfonamides is 2. The summed E-state index contributed by atoms with van der Waals surface area (Å²) in [6, 6.07) is 5.59. The molecule has 138 valence electrons. The van der Waals surface area contributed by atoms with Gasteiger partial charge in [-0.3, -0.25) is 0 Å². The molecule has 1 rings (SSSR count). The molecule has 0 fully saturated rings. The Balaban J connectivity index is 3.00. The zero-order chi connectivity index (χ0) is 18.5. The molecule has 0 unspecified atom stereocenters. The van der Waals surface area contributed by atoms with Crippen LogP contribution in [0.4, 0.5) is 11.4 Å². The smallest absolute Gasteiger partial charge is 0.224 e. The minimum Gasteiger partial charge on any atom is -0.399 e. The number of hydrazine groups is 1. The van der Waals surface area contributed by atoms with E-state index in [1.807, 2.05) is 30.8 Å². The van der Waals surface area contributed by atoms with E-state index in [0.29, 0.717) is 10.1 Å².